The fourth-order valence-electron chi connectivity index (χ4n) is 1.23. The second-order valence-corrected chi connectivity index (χ2v) is 3.81. The summed E-state index contributed by atoms with van der Waals surface area (Å²) in [6.07, 6.45) is -4.65. The molecule has 0 aliphatic rings. The third-order valence-electron chi connectivity index (χ3n) is 1.96. The third-order valence-corrected chi connectivity index (χ3v) is 1.96. The van der Waals surface area contributed by atoms with Gasteiger partial charge in [0.05, 0.1) is 0 Å². The number of rotatable bonds is 5. The number of alkyl halides is 3. The van der Waals surface area contributed by atoms with E-state index in [1.54, 1.807) is 6.07 Å². The van der Waals surface area contributed by atoms with Crippen molar-refractivity contribution in [3.05, 3.63) is 24.3 Å². The van der Waals surface area contributed by atoms with Gasteiger partial charge >= 0.3 is 6.36 Å². The van der Waals surface area contributed by atoms with Crippen LogP contribution < -0.4 is 10.1 Å². The molecule has 0 fully saturated rings. The van der Waals surface area contributed by atoms with E-state index in [4.69, 9.17) is 0 Å². The molecule has 0 aliphatic carbocycles. The molecule has 0 saturated carbocycles. The first-order valence-electron chi connectivity index (χ1n) is 5.11. The van der Waals surface area contributed by atoms with E-state index < -0.39 is 6.36 Å². The lowest BCUT2D eigenvalue weighted by molar-refractivity contribution is -0.274. The van der Waals surface area contributed by atoms with Crippen molar-refractivity contribution in [2.45, 2.75) is 6.36 Å². The van der Waals surface area contributed by atoms with E-state index in [2.05, 4.69) is 10.1 Å². The van der Waals surface area contributed by atoms with Gasteiger partial charge in [-0.25, -0.2) is 0 Å². The molecule has 1 rings (SSSR count). The van der Waals surface area contributed by atoms with E-state index in [0.29, 0.717) is 12.2 Å². The van der Waals surface area contributed by atoms with E-state index >= 15 is 0 Å². The smallest absolute Gasteiger partial charge is 0.406 e. The predicted molar refractivity (Wildman–Crippen MR) is 60.2 cm³/mol. The highest BCUT2D eigenvalue weighted by molar-refractivity contribution is 5.48. The first-order chi connectivity index (χ1) is 7.87. The number of benzene rings is 1. The number of nitrogens with zero attached hydrogens (tertiary/aromatic N) is 1. The minimum absolute atomic E-state index is 0.215. The summed E-state index contributed by atoms with van der Waals surface area (Å²) in [6, 6.07) is 5.80. The van der Waals surface area contributed by atoms with Crippen molar-refractivity contribution in [3.63, 3.8) is 0 Å². The molecular weight excluding hydrogens is 233 g/mol. The van der Waals surface area contributed by atoms with Gasteiger partial charge in [0.2, 0.25) is 0 Å². The summed E-state index contributed by atoms with van der Waals surface area (Å²) in [5, 5.41) is 3.01. The van der Waals surface area contributed by atoms with Crippen molar-refractivity contribution >= 4 is 5.69 Å². The molecule has 0 bridgehead atoms. The minimum Gasteiger partial charge on any atom is -0.406 e. The Balaban J connectivity index is 2.54. The summed E-state index contributed by atoms with van der Waals surface area (Å²) in [5.41, 5.74) is 0.605. The van der Waals surface area contributed by atoms with Crippen LogP contribution in [0.25, 0.3) is 0 Å². The monoisotopic (exact) mass is 248 g/mol. The highest BCUT2D eigenvalue weighted by atomic mass is 19.4. The molecule has 0 unspecified atom stereocenters. The molecule has 1 aromatic rings. The van der Waals surface area contributed by atoms with Gasteiger partial charge in [0.1, 0.15) is 5.75 Å². The maximum absolute atomic E-state index is 12.0. The van der Waals surface area contributed by atoms with Gasteiger partial charge in [-0.15, -0.1) is 13.2 Å². The van der Waals surface area contributed by atoms with Crippen molar-refractivity contribution < 1.29 is 17.9 Å². The molecule has 6 heteroatoms. The summed E-state index contributed by atoms with van der Waals surface area (Å²) in [7, 11) is 3.84. The molecule has 0 heterocycles. The van der Waals surface area contributed by atoms with Crippen LogP contribution in [0.1, 0.15) is 0 Å². The second-order valence-electron chi connectivity index (χ2n) is 3.81. The Labute approximate surface area is 98.2 Å². The molecule has 0 radical (unpaired) electrons. The van der Waals surface area contributed by atoms with Gasteiger partial charge in [-0.05, 0) is 26.2 Å². The number of likely N-dealkylation sites (N-methyl/N-ethyl adjacent to an activating group) is 1. The summed E-state index contributed by atoms with van der Waals surface area (Å²) in [4.78, 5) is 1.98. The van der Waals surface area contributed by atoms with Crippen LogP contribution in [0.4, 0.5) is 18.9 Å². The Morgan fingerprint density at radius 3 is 2.59 bits per heavy atom. The van der Waals surface area contributed by atoms with E-state index in [-0.39, 0.29) is 5.75 Å². The van der Waals surface area contributed by atoms with E-state index in [9.17, 15) is 13.2 Å². The first kappa shape index (κ1) is 13.6. The van der Waals surface area contributed by atoms with Crippen LogP contribution in [-0.4, -0.2) is 38.4 Å². The van der Waals surface area contributed by atoms with Crippen LogP contribution >= 0.6 is 0 Å². The quantitative estimate of drug-likeness (QED) is 0.866. The van der Waals surface area contributed by atoms with Crippen LogP contribution in [0.15, 0.2) is 24.3 Å². The molecule has 0 saturated heterocycles. The molecule has 0 amide bonds. The van der Waals surface area contributed by atoms with Crippen LogP contribution in [0.3, 0.4) is 0 Å². The van der Waals surface area contributed by atoms with Crippen molar-refractivity contribution in [2.24, 2.45) is 0 Å². The lowest BCUT2D eigenvalue weighted by Crippen LogP contribution is -2.21. The molecule has 1 N–H and O–H groups in total. The highest BCUT2D eigenvalue weighted by Gasteiger charge is 2.31. The highest BCUT2D eigenvalue weighted by Crippen LogP contribution is 2.24. The second kappa shape index (κ2) is 5.77. The van der Waals surface area contributed by atoms with Gasteiger partial charge in [0.15, 0.2) is 0 Å². The molecule has 0 aliphatic heterocycles. The van der Waals surface area contributed by atoms with Crippen LogP contribution in [-0.2, 0) is 0 Å². The number of anilines is 1. The van der Waals surface area contributed by atoms with Gasteiger partial charge in [-0.1, -0.05) is 6.07 Å². The standard InChI is InChI=1S/C11H15F3N2O/c1-16(2)7-6-15-9-4-3-5-10(8-9)17-11(12,13)14/h3-5,8,15H,6-7H2,1-2H3. The van der Waals surface area contributed by atoms with E-state index in [1.165, 1.54) is 18.2 Å². The lowest BCUT2D eigenvalue weighted by Gasteiger charge is -2.13. The van der Waals surface area contributed by atoms with Crippen molar-refractivity contribution in [2.75, 3.05) is 32.5 Å². The Morgan fingerprint density at radius 1 is 1.29 bits per heavy atom. The van der Waals surface area contributed by atoms with Crippen molar-refractivity contribution in [1.82, 2.24) is 4.90 Å². The third kappa shape index (κ3) is 6.01. The zero-order valence-corrected chi connectivity index (χ0v) is 9.71. The summed E-state index contributed by atoms with van der Waals surface area (Å²) < 4.78 is 39.8. The fourth-order valence-corrected chi connectivity index (χ4v) is 1.23. The Kier molecular flexibility index (Phi) is 4.62. The Bertz CT molecular complexity index is 353. The zero-order chi connectivity index (χ0) is 12.9. The number of ether oxygens (including phenoxy) is 1. The average Bonchev–Trinajstić information content (AvgIpc) is 2.14. The lowest BCUT2D eigenvalue weighted by atomic mass is 10.3. The summed E-state index contributed by atoms with van der Waals surface area (Å²) >= 11 is 0. The molecule has 96 valence electrons. The normalized spacial score (nSPS) is 11.6. The van der Waals surface area contributed by atoms with Gasteiger partial charge in [0.25, 0.3) is 0 Å². The zero-order valence-electron chi connectivity index (χ0n) is 9.71. The first-order valence-corrected chi connectivity index (χ1v) is 5.11. The predicted octanol–water partition coefficient (Wildman–Crippen LogP) is 2.56. The SMILES string of the molecule is CN(C)CCNc1cccc(OC(F)(F)F)c1. The summed E-state index contributed by atoms with van der Waals surface area (Å²) in [5.74, 6) is -0.215. The average molecular weight is 248 g/mol. The minimum atomic E-state index is -4.65. The topological polar surface area (TPSA) is 24.5 Å². The number of hydrogen-bond acceptors (Lipinski definition) is 3. The maximum atomic E-state index is 12.0. The molecule has 3 nitrogen and oxygen atoms in total. The summed E-state index contributed by atoms with van der Waals surface area (Å²) in [6.45, 7) is 1.45. The van der Waals surface area contributed by atoms with E-state index in [0.717, 1.165) is 6.54 Å². The molecule has 0 spiro atoms. The molecular formula is C11H15F3N2O. The maximum Gasteiger partial charge on any atom is 0.573 e. The molecule has 17 heavy (non-hydrogen) atoms. The number of halogens is 3. The van der Waals surface area contributed by atoms with E-state index in [1.807, 2.05) is 19.0 Å². The fraction of sp³-hybridized carbons (Fsp3) is 0.455. The Morgan fingerprint density at radius 2 is 2.00 bits per heavy atom. The van der Waals surface area contributed by atoms with Crippen molar-refractivity contribution in [3.8, 4) is 5.75 Å². The van der Waals surface area contributed by atoms with Crippen LogP contribution in [0.5, 0.6) is 5.75 Å². The largest absolute Gasteiger partial charge is 0.573 e. The number of nitrogens with one attached hydrogen (secondary N) is 1. The molecule has 1 aromatic carbocycles. The van der Waals surface area contributed by atoms with Crippen molar-refractivity contribution in [1.29, 1.82) is 0 Å². The van der Waals surface area contributed by atoms with Gasteiger partial charge in [-0.2, -0.15) is 0 Å². The molecule has 0 atom stereocenters. The van der Waals surface area contributed by atoms with Crippen LogP contribution in [0.2, 0.25) is 0 Å². The molecule has 0 aromatic heterocycles. The van der Waals surface area contributed by atoms with Gasteiger partial charge in [0, 0.05) is 24.8 Å². The number of hydrogen-bond donors (Lipinski definition) is 1. The van der Waals surface area contributed by atoms with Crippen LogP contribution in [0, 0.1) is 0 Å². The Hall–Kier alpha value is -1.43. The van der Waals surface area contributed by atoms with Gasteiger partial charge < -0.3 is 15.0 Å². The van der Waals surface area contributed by atoms with Gasteiger partial charge in [-0.3, -0.25) is 0 Å².